The third-order valence-electron chi connectivity index (χ3n) is 3.37. The number of aryl methyl sites for hydroxylation is 1. The van der Waals surface area contributed by atoms with Gasteiger partial charge in [-0.25, -0.2) is 0 Å². The van der Waals surface area contributed by atoms with E-state index in [4.69, 9.17) is 0 Å². The lowest BCUT2D eigenvalue weighted by molar-refractivity contribution is 0.464. The molecule has 110 valence electrons. The molecule has 3 aromatic rings. The first kappa shape index (κ1) is 14.5. The van der Waals surface area contributed by atoms with Crippen LogP contribution in [0.25, 0.3) is 11.1 Å². The summed E-state index contributed by atoms with van der Waals surface area (Å²) in [6.07, 6.45) is 0. The molecule has 0 spiro atoms. The second-order valence-corrected chi connectivity index (χ2v) is 6.24. The standard InChI is InChI=1S/C19H16O2S/c1-13-11-17(14-7-9-15(20)10-8-14)19(21)18(12-13)22-16-5-3-2-4-6-16/h2-12,20-21H,1H3. The molecule has 0 aliphatic heterocycles. The number of phenols is 2. The molecule has 0 radical (unpaired) electrons. The average Bonchev–Trinajstić information content (AvgIpc) is 2.52. The van der Waals surface area contributed by atoms with Gasteiger partial charge in [0.15, 0.2) is 0 Å². The lowest BCUT2D eigenvalue weighted by Crippen LogP contribution is -1.85. The highest BCUT2D eigenvalue weighted by atomic mass is 32.2. The van der Waals surface area contributed by atoms with Crippen molar-refractivity contribution in [2.45, 2.75) is 16.7 Å². The van der Waals surface area contributed by atoms with E-state index in [1.54, 1.807) is 36.0 Å². The van der Waals surface area contributed by atoms with Crippen molar-refractivity contribution in [3.05, 3.63) is 72.3 Å². The Morgan fingerprint density at radius 1 is 0.818 bits per heavy atom. The van der Waals surface area contributed by atoms with Crippen LogP contribution in [-0.4, -0.2) is 10.2 Å². The first-order valence-corrected chi connectivity index (χ1v) is 7.81. The summed E-state index contributed by atoms with van der Waals surface area (Å²) in [6, 6.07) is 20.8. The SMILES string of the molecule is Cc1cc(Sc2ccccc2)c(O)c(-c2ccc(O)cc2)c1. The Bertz CT molecular complexity index is 781. The molecule has 3 rings (SSSR count). The van der Waals surface area contributed by atoms with Crippen LogP contribution < -0.4 is 0 Å². The summed E-state index contributed by atoms with van der Waals surface area (Å²) in [5, 5.41) is 20.0. The van der Waals surface area contributed by atoms with Gasteiger partial charge >= 0.3 is 0 Å². The summed E-state index contributed by atoms with van der Waals surface area (Å²) in [5.41, 5.74) is 2.74. The summed E-state index contributed by atoms with van der Waals surface area (Å²) >= 11 is 1.54. The number of hydrogen-bond donors (Lipinski definition) is 2. The fourth-order valence-corrected chi connectivity index (χ4v) is 3.30. The number of hydrogen-bond acceptors (Lipinski definition) is 3. The van der Waals surface area contributed by atoms with Crippen LogP contribution in [0.15, 0.2) is 76.5 Å². The van der Waals surface area contributed by atoms with Gasteiger partial charge in [-0.2, -0.15) is 0 Å². The van der Waals surface area contributed by atoms with Gasteiger partial charge in [-0.3, -0.25) is 0 Å². The van der Waals surface area contributed by atoms with Crippen LogP contribution in [0.3, 0.4) is 0 Å². The second-order valence-electron chi connectivity index (χ2n) is 5.12. The molecule has 2 N–H and O–H groups in total. The predicted octanol–water partition coefficient (Wildman–Crippen LogP) is 5.22. The summed E-state index contributed by atoms with van der Waals surface area (Å²) < 4.78 is 0. The molecule has 0 aromatic heterocycles. The molecular formula is C19H16O2S. The molecule has 0 fully saturated rings. The summed E-state index contributed by atoms with van der Waals surface area (Å²) in [7, 11) is 0. The minimum atomic E-state index is 0.217. The highest BCUT2D eigenvalue weighted by Gasteiger charge is 2.12. The molecule has 2 nitrogen and oxygen atoms in total. The van der Waals surface area contributed by atoms with Gasteiger partial charge in [-0.1, -0.05) is 42.1 Å². The van der Waals surface area contributed by atoms with Gasteiger partial charge in [0, 0.05) is 10.5 Å². The molecule has 3 heteroatoms. The second kappa shape index (κ2) is 6.16. The van der Waals surface area contributed by atoms with Crippen LogP contribution >= 0.6 is 11.8 Å². The van der Waals surface area contributed by atoms with Crippen LogP contribution in [0.1, 0.15) is 5.56 Å². The number of rotatable bonds is 3. The zero-order valence-electron chi connectivity index (χ0n) is 12.2. The van der Waals surface area contributed by atoms with Crippen LogP contribution in [0.4, 0.5) is 0 Å². The minimum absolute atomic E-state index is 0.217. The van der Waals surface area contributed by atoms with E-state index in [0.29, 0.717) is 0 Å². The number of phenolic OH excluding ortho intramolecular Hbond substituents is 2. The van der Waals surface area contributed by atoms with Crippen molar-refractivity contribution in [2.24, 2.45) is 0 Å². The van der Waals surface area contributed by atoms with E-state index in [1.807, 2.05) is 49.4 Å². The van der Waals surface area contributed by atoms with E-state index in [1.165, 1.54) is 0 Å². The van der Waals surface area contributed by atoms with Crippen molar-refractivity contribution in [2.75, 3.05) is 0 Å². The van der Waals surface area contributed by atoms with Gasteiger partial charge < -0.3 is 10.2 Å². The molecule has 0 bridgehead atoms. The average molecular weight is 308 g/mol. The predicted molar refractivity (Wildman–Crippen MR) is 90.5 cm³/mol. The topological polar surface area (TPSA) is 40.5 Å². The third kappa shape index (κ3) is 3.10. The van der Waals surface area contributed by atoms with Crippen LogP contribution in [0.2, 0.25) is 0 Å². The van der Waals surface area contributed by atoms with E-state index in [-0.39, 0.29) is 11.5 Å². The van der Waals surface area contributed by atoms with Gasteiger partial charge in [0.25, 0.3) is 0 Å². The van der Waals surface area contributed by atoms with Gasteiger partial charge in [0.05, 0.1) is 4.90 Å². The first-order chi connectivity index (χ1) is 10.6. The maximum atomic E-state index is 10.6. The Morgan fingerprint density at radius 2 is 1.50 bits per heavy atom. The molecular weight excluding hydrogens is 292 g/mol. The van der Waals surface area contributed by atoms with E-state index < -0.39 is 0 Å². The summed E-state index contributed by atoms with van der Waals surface area (Å²) in [6.45, 7) is 2.01. The molecule has 0 amide bonds. The summed E-state index contributed by atoms with van der Waals surface area (Å²) in [4.78, 5) is 1.91. The number of benzene rings is 3. The van der Waals surface area contributed by atoms with Gasteiger partial charge in [-0.05, 0) is 54.4 Å². The molecule has 0 aliphatic rings. The molecule has 22 heavy (non-hydrogen) atoms. The van der Waals surface area contributed by atoms with Gasteiger partial charge in [0.2, 0.25) is 0 Å². The van der Waals surface area contributed by atoms with Crippen molar-refractivity contribution >= 4 is 11.8 Å². The number of aromatic hydroxyl groups is 2. The summed E-state index contributed by atoms with van der Waals surface area (Å²) in [5.74, 6) is 0.486. The van der Waals surface area contributed by atoms with E-state index >= 15 is 0 Å². The normalized spacial score (nSPS) is 10.6. The smallest absolute Gasteiger partial charge is 0.137 e. The molecule has 0 unspecified atom stereocenters. The third-order valence-corrected chi connectivity index (χ3v) is 4.41. The van der Waals surface area contributed by atoms with Crippen molar-refractivity contribution in [3.63, 3.8) is 0 Å². The van der Waals surface area contributed by atoms with E-state index in [9.17, 15) is 10.2 Å². The molecule has 3 aromatic carbocycles. The quantitative estimate of drug-likeness (QED) is 0.696. The zero-order chi connectivity index (χ0) is 15.5. The lowest BCUT2D eigenvalue weighted by Gasteiger charge is -2.12. The molecule has 0 atom stereocenters. The molecule has 0 aliphatic carbocycles. The monoisotopic (exact) mass is 308 g/mol. The van der Waals surface area contributed by atoms with Crippen molar-refractivity contribution in [3.8, 4) is 22.6 Å². The molecule has 0 heterocycles. The zero-order valence-corrected chi connectivity index (χ0v) is 13.0. The van der Waals surface area contributed by atoms with Gasteiger partial charge in [0.1, 0.15) is 11.5 Å². The first-order valence-electron chi connectivity index (χ1n) is 6.99. The highest BCUT2D eigenvalue weighted by Crippen LogP contribution is 2.41. The Hall–Kier alpha value is -2.39. The van der Waals surface area contributed by atoms with E-state index in [0.717, 1.165) is 26.5 Å². The maximum Gasteiger partial charge on any atom is 0.137 e. The van der Waals surface area contributed by atoms with Crippen LogP contribution in [0.5, 0.6) is 11.5 Å². The lowest BCUT2D eigenvalue weighted by atomic mass is 10.0. The van der Waals surface area contributed by atoms with Crippen molar-refractivity contribution in [1.82, 2.24) is 0 Å². The minimum Gasteiger partial charge on any atom is -0.508 e. The molecule has 0 saturated heterocycles. The largest absolute Gasteiger partial charge is 0.508 e. The fraction of sp³-hybridized carbons (Fsp3) is 0.0526. The molecule has 0 saturated carbocycles. The van der Waals surface area contributed by atoms with Crippen molar-refractivity contribution < 1.29 is 10.2 Å². The van der Waals surface area contributed by atoms with Crippen molar-refractivity contribution in [1.29, 1.82) is 0 Å². The van der Waals surface area contributed by atoms with E-state index in [2.05, 4.69) is 0 Å². The Labute approximate surface area is 134 Å². The Morgan fingerprint density at radius 3 is 2.18 bits per heavy atom. The highest BCUT2D eigenvalue weighted by molar-refractivity contribution is 7.99. The van der Waals surface area contributed by atoms with Crippen LogP contribution in [-0.2, 0) is 0 Å². The van der Waals surface area contributed by atoms with Gasteiger partial charge in [-0.15, -0.1) is 0 Å². The Kier molecular flexibility index (Phi) is 4.07. The maximum absolute atomic E-state index is 10.6. The fourth-order valence-electron chi connectivity index (χ4n) is 2.30. The van der Waals surface area contributed by atoms with Crippen LogP contribution in [0, 0.1) is 6.92 Å². The Balaban J connectivity index is 2.04.